The van der Waals surface area contributed by atoms with Crippen LogP contribution < -0.4 is 10.5 Å². The van der Waals surface area contributed by atoms with E-state index in [-0.39, 0.29) is 11.1 Å². The summed E-state index contributed by atoms with van der Waals surface area (Å²) >= 11 is 0. The molecule has 1 atom stereocenters. The fraction of sp³-hybridized carbons (Fsp3) is 0.556. The van der Waals surface area contributed by atoms with Crippen LogP contribution in [-0.4, -0.2) is 42.6 Å². The van der Waals surface area contributed by atoms with Gasteiger partial charge in [0.05, 0.1) is 17.9 Å². The molecule has 1 N–H and O–H groups in total. The lowest BCUT2D eigenvalue weighted by Crippen LogP contribution is -2.27. The van der Waals surface area contributed by atoms with Gasteiger partial charge in [-0.1, -0.05) is 0 Å². The molecule has 0 spiro atoms. The highest BCUT2D eigenvalue weighted by Gasteiger charge is 2.26. The summed E-state index contributed by atoms with van der Waals surface area (Å²) < 4.78 is 3.66. The van der Waals surface area contributed by atoms with Gasteiger partial charge >= 0.3 is 0 Å². The van der Waals surface area contributed by atoms with E-state index in [1.807, 2.05) is 22.6 Å². The molecule has 1 fully saturated rings. The molecular weight excluding hydrogens is 330 g/mol. The zero-order valence-corrected chi connectivity index (χ0v) is 15.7. The second-order valence-corrected chi connectivity index (χ2v) is 8.18. The van der Waals surface area contributed by atoms with E-state index >= 15 is 0 Å². The van der Waals surface area contributed by atoms with Crippen molar-refractivity contribution >= 4 is 17.0 Å². The first kappa shape index (κ1) is 16.8. The third kappa shape index (κ3) is 3.00. The van der Waals surface area contributed by atoms with Crippen molar-refractivity contribution < 1.29 is 0 Å². The second kappa shape index (κ2) is 5.96. The standard InChI is InChI=1S/C18H25N7O/c1-18(2,3)25-15-14(9-20-25)16(26)22-17(21-15)24-6-5-12(11-24)7-13-8-19-23(4)10-13/h8-10,12H,5-7,11H2,1-4H3,(H,21,22,26). The van der Waals surface area contributed by atoms with E-state index in [2.05, 4.69) is 47.0 Å². The molecule has 0 saturated carbocycles. The Morgan fingerprint density at radius 3 is 2.77 bits per heavy atom. The third-order valence-corrected chi connectivity index (χ3v) is 4.93. The van der Waals surface area contributed by atoms with Crippen LogP contribution in [0.5, 0.6) is 0 Å². The number of nitrogens with one attached hydrogen (secondary N) is 1. The van der Waals surface area contributed by atoms with Crippen molar-refractivity contribution in [3.63, 3.8) is 0 Å². The van der Waals surface area contributed by atoms with Gasteiger partial charge in [0, 0.05) is 26.3 Å². The lowest BCUT2D eigenvalue weighted by atomic mass is 10.0. The number of anilines is 1. The monoisotopic (exact) mass is 355 g/mol. The van der Waals surface area contributed by atoms with Crippen LogP contribution >= 0.6 is 0 Å². The van der Waals surface area contributed by atoms with Crippen molar-refractivity contribution in [3.8, 4) is 0 Å². The Morgan fingerprint density at radius 2 is 2.08 bits per heavy atom. The van der Waals surface area contributed by atoms with Crippen molar-refractivity contribution in [2.24, 2.45) is 13.0 Å². The van der Waals surface area contributed by atoms with E-state index in [1.165, 1.54) is 5.56 Å². The molecule has 138 valence electrons. The SMILES string of the molecule is Cn1cc(CC2CCN(c3nc4c(cnn4C(C)(C)C)c(=O)[nH]3)C2)cn1. The third-order valence-electron chi connectivity index (χ3n) is 4.93. The molecule has 0 radical (unpaired) electrons. The molecule has 0 amide bonds. The second-order valence-electron chi connectivity index (χ2n) is 8.18. The molecule has 4 rings (SSSR count). The maximum absolute atomic E-state index is 12.5. The van der Waals surface area contributed by atoms with E-state index in [0.29, 0.717) is 22.9 Å². The average Bonchev–Trinajstić information content (AvgIpc) is 3.26. The van der Waals surface area contributed by atoms with Crippen LogP contribution in [0.25, 0.3) is 11.0 Å². The van der Waals surface area contributed by atoms with E-state index in [1.54, 1.807) is 6.20 Å². The summed E-state index contributed by atoms with van der Waals surface area (Å²) in [5, 5.41) is 9.15. The van der Waals surface area contributed by atoms with Crippen LogP contribution in [0.3, 0.4) is 0 Å². The topological polar surface area (TPSA) is 84.6 Å². The molecule has 1 unspecified atom stereocenters. The zero-order valence-electron chi connectivity index (χ0n) is 15.7. The minimum atomic E-state index is -0.229. The summed E-state index contributed by atoms with van der Waals surface area (Å²) in [6, 6.07) is 0. The van der Waals surface area contributed by atoms with Crippen molar-refractivity contribution in [1.29, 1.82) is 0 Å². The predicted molar refractivity (Wildman–Crippen MR) is 100 cm³/mol. The van der Waals surface area contributed by atoms with E-state index < -0.39 is 0 Å². The van der Waals surface area contributed by atoms with Gasteiger partial charge in [-0.15, -0.1) is 0 Å². The van der Waals surface area contributed by atoms with E-state index in [9.17, 15) is 4.79 Å². The van der Waals surface area contributed by atoms with Gasteiger partial charge in [0.1, 0.15) is 5.39 Å². The van der Waals surface area contributed by atoms with Gasteiger partial charge in [0.2, 0.25) is 5.95 Å². The highest BCUT2D eigenvalue weighted by Crippen LogP contribution is 2.25. The molecule has 8 heteroatoms. The fourth-order valence-electron chi connectivity index (χ4n) is 3.65. The summed E-state index contributed by atoms with van der Waals surface area (Å²) in [6.07, 6.45) is 7.67. The number of H-pyrrole nitrogens is 1. The number of aromatic amines is 1. The van der Waals surface area contributed by atoms with Crippen molar-refractivity contribution in [3.05, 3.63) is 34.5 Å². The van der Waals surface area contributed by atoms with Crippen LogP contribution in [0, 0.1) is 5.92 Å². The number of rotatable bonds is 3. The first-order valence-corrected chi connectivity index (χ1v) is 9.02. The van der Waals surface area contributed by atoms with Crippen molar-refractivity contribution in [2.45, 2.75) is 39.2 Å². The maximum atomic E-state index is 12.5. The van der Waals surface area contributed by atoms with Crippen LogP contribution in [-0.2, 0) is 19.0 Å². The van der Waals surface area contributed by atoms with Gasteiger partial charge in [-0.2, -0.15) is 15.2 Å². The Hall–Kier alpha value is -2.64. The lowest BCUT2D eigenvalue weighted by Gasteiger charge is -2.21. The van der Waals surface area contributed by atoms with E-state index in [0.717, 1.165) is 25.9 Å². The smallest absolute Gasteiger partial charge is 0.263 e. The number of fused-ring (bicyclic) bond motifs is 1. The Kier molecular flexibility index (Phi) is 3.86. The van der Waals surface area contributed by atoms with Crippen molar-refractivity contribution in [2.75, 3.05) is 18.0 Å². The first-order valence-electron chi connectivity index (χ1n) is 9.02. The Morgan fingerprint density at radius 1 is 1.27 bits per heavy atom. The zero-order chi connectivity index (χ0) is 18.5. The van der Waals surface area contributed by atoms with Gasteiger partial charge in [0.25, 0.3) is 5.56 Å². The van der Waals surface area contributed by atoms with Crippen molar-refractivity contribution in [1.82, 2.24) is 29.5 Å². The number of hydrogen-bond donors (Lipinski definition) is 1. The average molecular weight is 355 g/mol. The molecule has 0 aliphatic carbocycles. The van der Waals surface area contributed by atoms with Gasteiger partial charge in [-0.3, -0.25) is 14.5 Å². The van der Waals surface area contributed by atoms with Gasteiger partial charge in [-0.25, -0.2) is 4.68 Å². The Bertz CT molecular complexity index is 991. The fourth-order valence-corrected chi connectivity index (χ4v) is 3.65. The number of aromatic nitrogens is 6. The number of hydrogen-bond acceptors (Lipinski definition) is 5. The highest BCUT2D eigenvalue weighted by atomic mass is 16.1. The normalized spacial score (nSPS) is 18.2. The Balaban J connectivity index is 1.60. The van der Waals surface area contributed by atoms with Gasteiger partial charge in [-0.05, 0) is 45.1 Å². The van der Waals surface area contributed by atoms with Crippen LogP contribution in [0.1, 0.15) is 32.8 Å². The molecule has 26 heavy (non-hydrogen) atoms. The van der Waals surface area contributed by atoms with Gasteiger partial charge < -0.3 is 4.90 Å². The summed E-state index contributed by atoms with van der Waals surface area (Å²) in [6.45, 7) is 7.95. The van der Waals surface area contributed by atoms with Gasteiger partial charge in [0.15, 0.2) is 5.65 Å². The summed E-state index contributed by atoms with van der Waals surface area (Å²) in [4.78, 5) is 22.3. The molecule has 1 saturated heterocycles. The number of nitrogens with zero attached hydrogens (tertiary/aromatic N) is 6. The van der Waals surface area contributed by atoms with Crippen LogP contribution in [0.2, 0.25) is 0 Å². The van der Waals surface area contributed by atoms with Crippen LogP contribution in [0.15, 0.2) is 23.4 Å². The predicted octanol–water partition coefficient (Wildman–Crippen LogP) is 1.68. The highest BCUT2D eigenvalue weighted by molar-refractivity contribution is 5.74. The molecule has 4 heterocycles. The molecule has 0 aromatic carbocycles. The first-order chi connectivity index (χ1) is 12.3. The molecule has 1 aliphatic rings. The van der Waals surface area contributed by atoms with Crippen LogP contribution in [0.4, 0.5) is 5.95 Å². The number of aryl methyl sites for hydroxylation is 1. The van der Waals surface area contributed by atoms with E-state index in [4.69, 9.17) is 4.98 Å². The summed E-state index contributed by atoms with van der Waals surface area (Å²) in [5.74, 6) is 1.18. The molecule has 3 aromatic rings. The molecule has 3 aromatic heterocycles. The Labute approximate surface area is 151 Å². The molecular formula is C18H25N7O. The minimum absolute atomic E-state index is 0.129. The maximum Gasteiger partial charge on any atom is 0.263 e. The molecule has 1 aliphatic heterocycles. The lowest BCUT2D eigenvalue weighted by molar-refractivity contribution is 0.366. The molecule has 8 nitrogen and oxygen atoms in total. The quantitative estimate of drug-likeness (QED) is 0.773. The minimum Gasteiger partial charge on any atom is -0.342 e. The summed E-state index contributed by atoms with van der Waals surface area (Å²) in [7, 11) is 1.94. The largest absolute Gasteiger partial charge is 0.342 e. The summed E-state index contributed by atoms with van der Waals surface area (Å²) in [5.41, 5.74) is 1.54. The molecule has 0 bridgehead atoms.